The van der Waals surface area contributed by atoms with Gasteiger partial charge in [0.15, 0.2) is 0 Å². The fourth-order valence-electron chi connectivity index (χ4n) is 2.35. The molecule has 0 spiro atoms. The fraction of sp³-hybridized carbons (Fsp3) is 0.417. The molecule has 1 aromatic carbocycles. The van der Waals surface area contributed by atoms with Crippen molar-refractivity contribution < 1.29 is 0 Å². The molecule has 2 nitrogen and oxygen atoms in total. The van der Waals surface area contributed by atoms with Gasteiger partial charge in [-0.3, -0.25) is 4.99 Å². The molecule has 0 bridgehead atoms. The van der Waals surface area contributed by atoms with Gasteiger partial charge in [0, 0.05) is 25.2 Å². The number of anilines is 1. The summed E-state index contributed by atoms with van der Waals surface area (Å²) in [5.41, 5.74) is 2.86. The van der Waals surface area contributed by atoms with Crippen LogP contribution in [0.3, 0.4) is 0 Å². The van der Waals surface area contributed by atoms with Gasteiger partial charge in [-0.15, -0.1) is 0 Å². The Morgan fingerprint density at radius 3 is 2.93 bits per heavy atom. The molecule has 0 unspecified atom stereocenters. The maximum absolute atomic E-state index is 4.56. The first kappa shape index (κ1) is 8.04. The Morgan fingerprint density at radius 1 is 1.14 bits per heavy atom. The van der Waals surface area contributed by atoms with E-state index in [9.17, 15) is 0 Å². The van der Waals surface area contributed by atoms with E-state index >= 15 is 0 Å². The number of benzene rings is 1. The molecular weight excluding hydrogens is 172 g/mol. The Morgan fingerprint density at radius 2 is 2.07 bits per heavy atom. The molecule has 2 heteroatoms. The minimum Gasteiger partial charge on any atom is -0.330 e. The SMILES string of the molecule is c1ccc2c(c1)CCN2C1=NCCC1. The van der Waals surface area contributed by atoms with Gasteiger partial charge in [-0.05, 0) is 24.5 Å². The molecule has 0 aromatic heterocycles. The van der Waals surface area contributed by atoms with E-state index in [1.807, 2.05) is 0 Å². The maximum atomic E-state index is 4.56. The third-order valence-electron chi connectivity index (χ3n) is 3.05. The highest BCUT2D eigenvalue weighted by Gasteiger charge is 2.23. The largest absolute Gasteiger partial charge is 0.330 e. The lowest BCUT2D eigenvalue weighted by Gasteiger charge is -2.18. The van der Waals surface area contributed by atoms with Gasteiger partial charge in [-0.2, -0.15) is 0 Å². The summed E-state index contributed by atoms with van der Waals surface area (Å²) in [4.78, 5) is 6.95. The van der Waals surface area contributed by atoms with Crippen LogP contribution in [0.15, 0.2) is 29.3 Å². The number of amidine groups is 1. The first-order valence-electron chi connectivity index (χ1n) is 5.34. The molecule has 3 rings (SSSR count). The average Bonchev–Trinajstić information content (AvgIpc) is 2.85. The number of hydrogen-bond acceptors (Lipinski definition) is 2. The summed E-state index contributed by atoms with van der Waals surface area (Å²) in [5, 5.41) is 0. The predicted octanol–water partition coefficient (Wildman–Crippen LogP) is 2.24. The summed E-state index contributed by atoms with van der Waals surface area (Å²) in [7, 11) is 0. The van der Waals surface area contributed by atoms with Gasteiger partial charge in [0.1, 0.15) is 5.84 Å². The van der Waals surface area contributed by atoms with Gasteiger partial charge in [0.25, 0.3) is 0 Å². The Labute approximate surface area is 84.3 Å². The highest BCUT2D eigenvalue weighted by Crippen LogP contribution is 2.29. The summed E-state index contributed by atoms with van der Waals surface area (Å²) in [5.74, 6) is 1.30. The van der Waals surface area contributed by atoms with Crippen molar-refractivity contribution in [3.63, 3.8) is 0 Å². The number of rotatable bonds is 0. The second kappa shape index (κ2) is 3.12. The number of para-hydroxylation sites is 1. The highest BCUT2D eigenvalue weighted by atomic mass is 15.2. The van der Waals surface area contributed by atoms with E-state index in [4.69, 9.17) is 0 Å². The molecule has 0 N–H and O–H groups in total. The molecule has 1 aromatic rings. The van der Waals surface area contributed by atoms with Crippen LogP contribution in [-0.2, 0) is 6.42 Å². The smallest absolute Gasteiger partial charge is 0.103 e. The molecule has 72 valence electrons. The second-order valence-electron chi connectivity index (χ2n) is 3.93. The van der Waals surface area contributed by atoms with Crippen molar-refractivity contribution in [2.75, 3.05) is 18.0 Å². The number of aliphatic imine (C=N–C) groups is 1. The van der Waals surface area contributed by atoms with Crippen molar-refractivity contribution in [2.45, 2.75) is 19.3 Å². The summed E-state index contributed by atoms with van der Waals surface area (Å²) < 4.78 is 0. The van der Waals surface area contributed by atoms with Gasteiger partial charge in [0.2, 0.25) is 0 Å². The van der Waals surface area contributed by atoms with Crippen LogP contribution in [0.5, 0.6) is 0 Å². The molecule has 2 aliphatic rings. The molecule has 0 atom stereocenters. The molecular formula is C12H14N2. The molecule has 0 fully saturated rings. The molecule has 0 saturated heterocycles. The molecule has 0 aliphatic carbocycles. The van der Waals surface area contributed by atoms with Crippen LogP contribution >= 0.6 is 0 Å². The maximum Gasteiger partial charge on any atom is 0.103 e. The van der Waals surface area contributed by atoms with Crippen molar-refractivity contribution in [1.29, 1.82) is 0 Å². The van der Waals surface area contributed by atoms with E-state index in [0.717, 1.165) is 19.5 Å². The minimum absolute atomic E-state index is 1.02. The third-order valence-corrected chi connectivity index (χ3v) is 3.05. The zero-order valence-corrected chi connectivity index (χ0v) is 8.24. The Balaban J connectivity index is 1.97. The topological polar surface area (TPSA) is 15.6 Å². The average molecular weight is 186 g/mol. The van der Waals surface area contributed by atoms with E-state index in [1.54, 1.807) is 0 Å². The molecule has 0 amide bonds. The Hall–Kier alpha value is -1.31. The van der Waals surface area contributed by atoms with E-state index in [0.29, 0.717) is 0 Å². The first-order valence-corrected chi connectivity index (χ1v) is 5.34. The standard InChI is InChI=1S/C12H14N2/c1-2-5-11-10(4-1)7-9-14(11)12-6-3-8-13-12/h1-2,4-5H,3,6-9H2. The molecule has 14 heavy (non-hydrogen) atoms. The van der Waals surface area contributed by atoms with Crippen LogP contribution in [0, 0.1) is 0 Å². The number of fused-ring (bicyclic) bond motifs is 1. The van der Waals surface area contributed by atoms with E-state index in [1.165, 1.54) is 29.9 Å². The third kappa shape index (κ3) is 1.14. The number of nitrogens with zero attached hydrogens (tertiary/aromatic N) is 2. The predicted molar refractivity (Wildman–Crippen MR) is 59.0 cm³/mol. The van der Waals surface area contributed by atoms with Crippen LogP contribution in [0.1, 0.15) is 18.4 Å². The van der Waals surface area contributed by atoms with Gasteiger partial charge in [0.05, 0.1) is 0 Å². The van der Waals surface area contributed by atoms with Gasteiger partial charge < -0.3 is 4.90 Å². The fourth-order valence-corrected chi connectivity index (χ4v) is 2.35. The summed E-state index contributed by atoms with van der Waals surface area (Å²) in [6, 6.07) is 8.68. The van der Waals surface area contributed by atoms with E-state index in [2.05, 4.69) is 34.2 Å². The lowest BCUT2D eigenvalue weighted by atomic mass is 10.2. The van der Waals surface area contributed by atoms with E-state index < -0.39 is 0 Å². The minimum atomic E-state index is 1.02. The highest BCUT2D eigenvalue weighted by molar-refractivity contribution is 6.00. The monoisotopic (exact) mass is 186 g/mol. The van der Waals surface area contributed by atoms with Crippen LogP contribution in [-0.4, -0.2) is 18.9 Å². The molecule has 0 radical (unpaired) electrons. The van der Waals surface area contributed by atoms with Gasteiger partial charge in [-0.1, -0.05) is 18.2 Å². The first-order chi connectivity index (χ1) is 6.95. The zero-order valence-electron chi connectivity index (χ0n) is 8.24. The van der Waals surface area contributed by atoms with Crippen molar-refractivity contribution in [2.24, 2.45) is 4.99 Å². The van der Waals surface area contributed by atoms with Crippen molar-refractivity contribution >= 4 is 11.5 Å². The Kier molecular flexibility index (Phi) is 1.79. The lowest BCUT2D eigenvalue weighted by Crippen LogP contribution is -2.27. The summed E-state index contributed by atoms with van der Waals surface area (Å²) >= 11 is 0. The van der Waals surface area contributed by atoms with Crippen molar-refractivity contribution in [3.05, 3.63) is 29.8 Å². The summed E-state index contributed by atoms with van der Waals surface area (Å²) in [6.45, 7) is 2.15. The van der Waals surface area contributed by atoms with Gasteiger partial charge in [-0.25, -0.2) is 0 Å². The molecule has 2 aliphatic heterocycles. The van der Waals surface area contributed by atoms with Gasteiger partial charge >= 0.3 is 0 Å². The Bertz CT molecular complexity index is 382. The molecule has 2 heterocycles. The van der Waals surface area contributed by atoms with Crippen molar-refractivity contribution in [1.82, 2.24) is 0 Å². The van der Waals surface area contributed by atoms with Crippen molar-refractivity contribution in [3.8, 4) is 0 Å². The second-order valence-corrected chi connectivity index (χ2v) is 3.93. The van der Waals surface area contributed by atoms with Crippen LogP contribution < -0.4 is 4.90 Å². The van der Waals surface area contributed by atoms with Crippen LogP contribution in [0.25, 0.3) is 0 Å². The van der Waals surface area contributed by atoms with Crippen LogP contribution in [0.2, 0.25) is 0 Å². The lowest BCUT2D eigenvalue weighted by molar-refractivity contribution is 0.943. The number of hydrogen-bond donors (Lipinski definition) is 0. The van der Waals surface area contributed by atoms with E-state index in [-0.39, 0.29) is 0 Å². The quantitative estimate of drug-likeness (QED) is 0.606. The van der Waals surface area contributed by atoms with Crippen LogP contribution in [0.4, 0.5) is 5.69 Å². The summed E-state index contributed by atoms with van der Waals surface area (Å²) in [6.07, 6.45) is 3.57. The molecule has 0 saturated carbocycles. The zero-order chi connectivity index (χ0) is 9.38. The normalized spacial score (nSPS) is 19.7.